The van der Waals surface area contributed by atoms with Gasteiger partial charge in [0, 0.05) is 5.56 Å². The molecular weight excluding hydrogens is 297 g/mol. The summed E-state index contributed by atoms with van der Waals surface area (Å²) in [6.07, 6.45) is -3.95. The number of esters is 1. The van der Waals surface area contributed by atoms with E-state index in [0.717, 1.165) is 6.08 Å². The first-order chi connectivity index (χ1) is 10.2. The minimum atomic E-state index is -4.59. The molecule has 120 valence electrons. The Hall–Kier alpha value is -1.98. The van der Waals surface area contributed by atoms with Gasteiger partial charge in [-0.1, -0.05) is 37.3 Å². The second kappa shape index (κ2) is 5.66. The lowest BCUT2D eigenvalue weighted by Crippen LogP contribution is -2.58. The zero-order valence-corrected chi connectivity index (χ0v) is 12.5. The molecule has 1 aromatic carbocycles. The zero-order valence-electron chi connectivity index (χ0n) is 12.5. The molecule has 0 spiro atoms. The van der Waals surface area contributed by atoms with E-state index in [0.29, 0.717) is 0 Å². The van der Waals surface area contributed by atoms with Crippen molar-refractivity contribution in [2.45, 2.75) is 38.7 Å². The molecule has 0 bridgehead atoms. The maximum absolute atomic E-state index is 13.5. The van der Waals surface area contributed by atoms with Crippen molar-refractivity contribution in [3.63, 3.8) is 0 Å². The summed E-state index contributed by atoms with van der Waals surface area (Å²) in [6, 6.07) is 7.41. The van der Waals surface area contributed by atoms with Gasteiger partial charge in [0.1, 0.15) is 5.76 Å². The summed E-state index contributed by atoms with van der Waals surface area (Å²) in [5.74, 6) is -1.73. The fraction of sp³-hybridized carbons (Fsp3) is 0.438. The summed E-state index contributed by atoms with van der Waals surface area (Å²) >= 11 is 0. The van der Waals surface area contributed by atoms with Gasteiger partial charge in [-0.2, -0.15) is 13.2 Å². The van der Waals surface area contributed by atoms with Gasteiger partial charge in [0.25, 0.3) is 0 Å². The number of carbonyl (C=O) groups excluding carboxylic acids is 1. The molecule has 0 aliphatic carbocycles. The molecule has 1 aliphatic rings. The molecule has 1 heterocycles. The van der Waals surface area contributed by atoms with Gasteiger partial charge < -0.3 is 9.47 Å². The molecular formula is C16H17F3O3. The first-order valence-corrected chi connectivity index (χ1v) is 6.92. The second-order valence-electron chi connectivity index (χ2n) is 5.46. The van der Waals surface area contributed by atoms with Crippen molar-refractivity contribution in [2.24, 2.45) is 5.92 Å². The van der Waals surface area contributed by atoms with Gasteiger partial charge in [-0.3, -0.25) is 0 Å². The van der Waals surface area contributed by atoms with E-state index in [1.807, 2.05) is 0 Å². The van der Waals surface area contributed by atoms with Crippen LogP contribution in [0.25, 0.3) is 0 Å². The van der Waals surface area contributed by atoms with E-state index in [2.05, 4.69) is 0 Å². The summed E-state index contributed by atoms with van der Waals surface area (Å²) in [6.45, 7) is 4.70. The van der Waals surface area contributed by atoms with Gasteiger partial charge >= 0.3 is 12.1 Å². The summed E-state index contributed by atoms with van der Waals surface area (Å²) in [5, 5.41) is 0. The maximum Gasteiger partial charge on any atom is 0.433 e. The Balaban J connectivity index is 2.30. The average molecular weight is 314 g/mol. The third kappa shape index (κ3) is 2.69. The molecule has 2 rings (SSSR count). The Labute approximate surface area is 126 Å². The number of hydrogen-bond donors (Lipinski definition) is 0. The second-order valence-corrected chi connectivity index (χ2v) is 5.46. The van der Waals surface area contributed by atoms with Crippen LogP contribution < -0.4 is 0 Å². The Morgan fingerprint density at radius 1 is 1.32 bits per heavy atom. The minimum Gasteiger partial charge on any atom is -0.476 e. The van der Waals surface area contributed by atoms with Crippen LogP contribution in [0.2, 0.25) is 0 Å². The molecule has 1 fully saturated rings. The molecule has 2 atom stereocenters. The van der Waals surface area contributed by atoms with Crippen molar-refractivity contribution in [3.05, 3.63) is 47.7 Å². The molecule has 0 amide bonds. The minimum absolute atomic E-state index is 0.0179. The molecule has 0 unspecified atom stereocenters. The number of rotatable bonds is 3. The number of ether oxygens (including phenoxy) is 2. The Bertz CT molecular complexity index is 578. The van der Waals surface area contributed by atoms with E-state index >= 15 is 0 Å². The molecule has 1 saturated heterocycles. The third-order valence-corrected chi connectivity index (χ3v) is 3.55. The highest BCUT2D eigenvalue weighted by atomic mass is 19.4. The molecule has 22 heavy (non-hydrogen) atoms. The topological polar surface area (TPSA) is 35.5 Å². The van der Waals surface area contributed by atoms with Crippen LogP contribution in [-0.2, 0) is 19.9 Å². The summed E-state index contributed by atoms with van der Waals surface area (Å²) in [4.78, 5) is 11.5. The molecule has 0 radical (unpaired) electrons. The van der Waals surface area contributed by atoms with Crippen LogP contribution >= 0.6 is 0 Å². The smallest absolute Gasteiger partial charge is 0.433 e. The zero-order chi connectivity index (χ0) is 16.5. The largest absolute Gasteiger partial charge is 0.476 e. The van der Waals surface area contributed by atoms with Crippen molar-refractivity contribution < 1.29 is 27.4 Å². The molecule has 0 N–H and O–H groups in total. The molecule has 1 aliphatic heterocycles. The monoisotopic (exact) mass is 314 g/mol. The summed E-state index contributed by atoms with van der Waals surface area (Å²) < 4.78 is 50.6. The SMILES string of the molecule is CC(C)OC(=O)C=C1O[C@@](c2ccccc2)(C(F)(F)F)[C@@H]1C. The van der Waals surface area contributed by atoms with E-state index in [4.69, 9.17) is 9.47 Å². The number of benzene rings is 1. The van der Waals surface area contributed by atoms with Gasteiger partial charge in [-0.05, 0) is 13.8 Å². The molecule has 6 heteroatoms. The van der Waals surface area contributed by atoms with Crippen molar-refractivity contribution >= 4 is 5.97 Å². The lowest BCUT2D eigenvalue weighted by atomic mass is 9.75. The van der Waals surface area contributed by atoms with Crippen molar-refractivity contribution in [1.82, 2.24) is 0 Å². The quantitative estimate of drug-likeness (QED) is 0.626. The van der Waals surface area contributed by atoms with Crippen molar-refractivity contribution in [1.29, 1.82) is 0 Å². The number of alkyl halides is 3. The van der Waals surface area contributed by atoms with Crippen LogP contribution in [0.1, 0.15) is 26.3 Å². The van der Waals surface area contributed by atoms with Crippen LogP contribution in [0, 0.1) is 5.92 Å². The summed E-state index contributed by atoms with van der Waals surface area (Å²) in [5.41, 5.74) is -2.40. The highest BCUT2D eigenvalue weighted by molar-refractivity contribution is 5.83. The molecule has 0 saturated carbocycles. The highest BCUT2D eigenvalue weighted by Crippen LogP contribution is 2.58. The van der Waals surface area contributed by atoms with E-state index in [1.54, 1.807) is 19.9 Å². The fourth-order valence-electron chi connectivity index (χ4n) is 2.50. The Morgan fingerprint density at radius 3 is 2.36 bits per heavy atom. The van der Waals surface area contributed by atoms with E-state index in [1.165, 1.54) is 31.2 Å². The molecule has 0 aromatic heterocycles. The standard InChI is InChI=1S/C16H17F3O3/c1-10(2)21-14(20)9-13-11(3)15(22-13,16(17,18)19)12-7-5-4-6-8-12/h4-11H,1-3H3/t11-,15+/m1/s1. The van der Waals surface area contributed by atoms with Crippen LogP contribution in [0.3, 0.4) is 0 Å². The predicted molar refractivity (Wildman–Crippen MR) is 73.7 cm³/mol. The fourth-order valence-corrected chi connectivity index (χ4v) is 2.50. The van der Waals surface area contributed by atoms with Gasteiger partial charge in [0.15, 0.2) is 0 Å². The number of hydrogen-bond acceptors (Lipinski definition) is 3. The maximum atomic E-state index is 13.5. The van der Waals surface area contributed by atoms with Gasteiger partial charge in [-0.15, -0.1) is 0 Å². The predicted octanol–water partition coefficient (Wildman–Crippen LogP) is 3.95. The number of carbonyl (C=O) groups is 1. The van der Waals surface area contributed by atoms with E-state index < -0.39 is 23.7 Å². The Kier molecular flexibility index (Phi) is 4.22. The van der Waals surface area contributed by atoms with Crippen LogP contribution in [-0.4, -0.2) is 18.2 Å². The van der Waals surface area contributed by atoms with Crippen LogP contribution in [0.4, 0.5) is 13.2 Å². The first-order valence-electron chi connectivity index (χ1n) is 6.92. The van der Waals surface area contributed by atoms with Gasteiger partial charge in [-0.25, -0.2) is 4.79 Å². The molecule has 3 nitrogen and oxygen atoms in total. The van der Waals surface area contributed by atoms with E-state index in [-0.39, 0.29) is 17.4 Å². The van der Waals surface area contributed by atoms with Gasteiger partial charge in [0.05, 0.1) is 18.1 Å². The van der Waals surface area contributed by atoms with Crippen LogP contribution in [0.5, 0.6) is 0 Å². The van der Waals surface area contributed by atoms with Crippen molar-refractivity contribution in [3.8, 4) is 0 Å². The lowest BCUT2D eigenvalue weighted by molar-refractivity contribution is -0.332. The van der Waals surface area contributed by atoms with Crippen LogP contribution in [0.15, 0.2) is 42.2 Å². The lowest BCUT2D eigenvalue weighted by Gasteiger charge is -2.50. The number of halogens is 3. The third-order valence-electron chi connectivity index (χ3n) is 3.55. The highest BCUT2D eigenvalue weighted by Gasteiger charge is 2.69. The normalized spacial score (nSPS) is 26.5. The first kappa shape index (κ1) is 16.4. The summed E-state index contributed by atoms with van der Waals surface area (Å²) in [7, 11) is 0. The average Bonchev–Trinajstić information content (AvgIpc) is 2.41. The Morgan fingerprint density at radius 2 is 1.91 bits per heavy atom. The van der Waals surface area contributed by atoms with Gasteiger partial charge in [0.2, 0.25) is 5.60 Å². The van der Waals surface area contributed by atoms with E-state index in [9.17, 15) is 18.0 Å². The van der Waals surface area contributed by atoms with Crippen molar-refractivity contribution in [2.75, 3.05) is 0 Å². The molecule has 1 aromatic rings.